The van der Waals surface area contributed by atoms with E-state index < -0.39 is 5.97 Å². The number of nitriles is 1. The molecule has 1 atom stereocenters. The van der Waals surface area contributed by atoms with E-state index in [-0.39, 0.29) is 12.5 Å². The van der Waals surface area contributed by atoms with Crippen LogP contribution < -0.4 is 9.64 Å². The number of carboxylic acids is 1. The molecule has 0 radical (unpaired) electrons. The summed E-state index contributed by atoms with van der Waals surface area (Å²) < 4.78 is 10.6. The average Bonchev–Trinajstić information content (AvgIpc) is 2.46. The Balaban J connectivity index is 2.21. The van der Waals surface area contributed by atoms with Crippen molar-refractivity contribution in [2.75, 3.05) is 31.7 Å². The van der Waals surface area contributed by atoms with Gasteiger partial charge in [-0.1, -0.05) is 0 Å². The fourth-order valence-corrected chi connectivity index (χ4v) is 2.25. The molecule has 0 aliphatic carbocycles. The molecule has 106 valence electrons. The maximum atomic E-state index is 10.8. The number of nitrogens with zero attached hydrogens (tertiary/aromatic N) is 2. The number of hydrogen-bond acceptors (Lipinski definition) is 5. The summed E-state index contributed by atoms with van der Waals surface area (Å²) in [4.78, 5) is 12.7. The second kappa shape index (κ2) is 6.26. The van der Waals surface area contributed by atoms with Gasteiger partial charge in [0, 0.05) is 19.2 Å². The second-order valence-electron chi connectivity index (χ2n) is 4.53. The van der Waals surface area contributed by atoms with E-state index in [1.165, 1.54) is 0 Å². The van der Waals surface area contributed by atoms with Gasteiger partial charge in [0.05, 0.1) is 37.5 Å². The molecular formula is C14H16N2O4. The number of ether oxygens (including phenoxy) is 2. The first-order valence-corrected chi connectivity index (χ1v) is 6.30. The second-order valence-corrected chi connectivity index (χ2v) is 4.53. The van der Waals surface area contributed by atoms with E-state index in [4.69, 9.17) is 14.6 Å². The molecule has 0 aromatic heterocycles. The molecule has 1 fully saturated rings. The van der Waals surface area contributed by atoms with Gasteiger partial charge in [-0.25, -0.2) is 0 Å². The van der Waals surface area contributed by atoms with Gasteiger partial charge >= 0.3 is 5.97 Å². The van der Waals surface area contributed by atoms with Crippen LogP contribution in [0.15, 0.2) is 18.2 Å². The fourth-order valence-electron chi connectivity index (χ4n) is 2.25. The lowest BCUT2D eigenvalue weighted by molar-refractivity contribution is -0.140. The molecular weight excluding hydrogens is 260 g/mol. The first-order valence-electron chi connectivity index (χ1n) is 6.30. The Bertz CT molecular complexity index is 538. The molecule has 1 aromatic carbocycles. The number of hydrogen-bond donors (Lipinski definition) is 1. The van der Waals surface area contributed by atoms with Crippen LogP contribution >= 0.6 is 0 Å². The lowest BCUT2D eigenvalue weighted by Gasteiger charge is -2.34. The van der Waals surface area contributed by atoms with E-state index in [2.05, 4.69) is 6.07 Å². The first-order chi connectivity index (χ1) is 9.63. The molecule has 0 saturated carbocycles. The van der Waals surface area contributed by atoms with Crippen LogP contribution in [0.5, 0.6) is 5.75 Å². The lowest BCUT2D eigenvalue weighted by atomic mass is 10.1. The number of carbonyl (C=O) groups is 1. The Kier molecular flexibility index (Phi) is 4.43. The average molecular weight is 276 g/mol. The smallest absolute Gasteiger partial charge is 0.306 e. The molecule has 1 N–H and O–H groups in total. The van der Waals surface area contributed by atoms with Crippen molar-refractivity contribution >= 4 is 11.7 Å². The largest absolute Gasteiger partial charge is 0.497 e. The van der Waals surface area contributed by atoms with Crippen molar-refractivity contribution in [3.05, 3.63) is 23.8 Å². The molecule has 0 spiro atoms. The normalized spacial score (nSPS) is 18.4. The molecule has 0 amide bonds. The van der Waals surface area contributed by atoms with E-state index in [1.807, 2.05) is 4.90 Å². The number of anilines is 1. The van der Waals surface area contributed by atoms with Crippen LogP contribution in [0, 0.1) is 11.3 Å². The van der Waals surface area contributed by atoms with E-state index in [1.54, 1.807) is 25.3 Å². The summed E-state index contributed by atoms with van der Waals surface area (Å²) in [6.45, 7) is 1.52. The van der Waals surface area contributed by atoms with Gasteiger partial charge in [0.2, 0.25) is 0 Å². The van der Waals surface area contributed by atoms with Crippen LogP contribution in [-0.2, 0) is 9.53 Å². The number of morpholine rings is 1. The first kappa shape index (κ1) is 14.2. The highest BCUT2D eigenvalue weighted by molar-refractivity contribution is 5.68. The van der Waals surface area contributed by atoms with Gasteiger partial charge in [0.15, 0.2) is 0 Å². The van der Waals surface area contributed by atoms with E-state index in [0.717, 1.165) is 5.69 Å². The quantitative estimate of drug-likeness (QED) is 0.891. The van der Waals surface area contributed by atoms with Gasteiger partial charge < -0.3 is 19.5 Å². The SMILES string of the molecule is COc1ccc(C#N)c(N2CCOC(CC(=O)O)C2)c1. The molecule has 0 bridgehead atoms. The maximum Gasteiger partial charge on any atom is 0.306 e. The third-order valence-corrected chi connectivity index (χ3v) is 3.21. The molecule has 20 heavy (non-hydrogen) atoms. The van der Waals surface area contributed by atoms with Crippen LogP contribution in [-0.4, -0.2) is 44.0 Å². The monoisotopic (exact) mass is 276 g/mol. The van der Waals surface area contributed by atoms with E-state index in [0.29, 0.717) is 31.0 Å². The van der Waals surface area contributed by atoms with Crippen LogP contribution in [0.25, 0.3) is 0 Å². The molecule has 1 unspecified atom stereocenters. The fraction of sp³-hybridized carbons (Fsp3) is 0.429. The van der Waals surface area contributed by atoms with Crippen LogP contribution in [0.3, 0.4) is 0 Å². The Labute approximate surface area is 117 Å². The van der Waals surface area contributed by atoms with Gasteiger partial charge in [-0.05, 0) is 12.1 Å². The molecule has 1 aromatic rings. The van der Waals surface area contributed by atoms with Crippen molar-refractivity contribution in [2.24, 2.45) is 0 Å². The zero-order chi connectivity index (χ0) is 14.5. The zero-order valence-corrected chi connectivity index (χ0v) is 11.2. The van der Waals surface area contributed by atoms with Crippen molar-refractivity contribution in [2.45, 2.75) is 12.5 Å². The summed E-state index contributed by atoms with van der Waals surface area (Å²) in [6.07, 6.45) is -0.401. The van der Waals surface area contributed by atoms with Crippen LogP contribution in [0.1, 0.15) is 12.0 Å². The summed E-state index contributed by atoms with van der Waals surface area (Å²) in [6, 6.07) is 7.38. The van der Waals surface area contributed by atoms with Crippen molar-refractivity contribution < 1.29 is 19.4 Å². The van der Waals surface area contributed by atoms with Gasteiger partial charge in [0.25, 0.3) is 0 Å². The summed E-state index contributed by atoms with van der Waals surface area (Å²) in [7, 11) is 1.57. The lowest BCUT2D eigenvalue weighted by Crippen LogP contribution is -2.43. The third-order valence-electron chi connectivity index (χ3n) is 3.21. The van der Waals surface area contributed by atoms with Crippen molar-refractivity contribution in [3.8, 4) is 11.8 Å². The Morgan fingerprint density at radius 3 is 3.10 bits per heavy atom. The van der Waals surface area contributed by atoms with Crippen molar-refractivity contribution in [3.63, 3.8) is 0 Å². The van der Waals surface area contributed by atoms with Crippen LogP contribution in [0.4, 0.5) is 5.69 Å². The minimum Gasteiger partial charge on any atom is -0.497 e. The number of methoxy groups -OCH3 is 1. The molecule has 6 nitrogen and oxygen atoms in total. The van der Waals surface area contributed by atoms with Gasteiger partial charge in [-0.15, -0.1) is 0 Å². The minimum absolute atomic E-state index is 0.0393. The standard InChI is InChI=1S/C14H16N2O4/c1-19-11-3-2-10(8-15)13(6-11)16-4-5-20-12(9-16)7-14(17)18/h2-3,6,12H,4-5,7,9H2,1H3,(H,17,18). The van der Waals surface area contributed by atoms with E-state index in [9.17, 15) is 10.1 Å². The maximum absolute atomic E-state index is 10.8. The third kappa shape index (κ3) is 3.19. The number of aliphatic carboxylic acids is 1. The number of rotatable bonds is 4. The van der Waals surface area contributed by atoms with Crippen LogP contribution in [0.2, 0.25) is 0 Å². The predicted octanol–water partition coefficient (Wildman–Crippen LogP) is 1.25. The topological polar surface area (TPSA) is 82.8 Å². The summed E-state index contributed by atoms with van der Waals surface area (Å²) >= 11 is 0. The number of carboxylic acid groups (broad SMARTS) is 1. The van der Waals surface area contributed by atoms with Crippen molar-refractivity contribution in [1.29, 1.82) is 5.26 Å². The molecule has 1 aliphatic rings. The summed E-state index contributed by atoms with van der Waals surface area (Å²) in [5, 5.41) is 18.0. The predicted molar refractivity (Wildman–Crippen MR) is 71.9 cm³/mol. The number of benzene rings is 1. The van der Waals surface area contributed by atoms with Crippen molar-refractivity contribution in [1.82, 2.24) is 0 Å². The highest BCUT2D eigenvalue weighted by atomic mass is 16.5. The zero-order valence-electron chi connectivity index (χ0n) is 11.2. The van der Waals surface area contributed by atoms with Gasteiger partial charge in [-0.2, -0.15) is 5.26 Å². The summed E-state index contributed by atoms with van der Waals surface area (Å²) in [5.41, 5.74) is 1.30. The molecule has 6 heteroatoms. The Hall–Kier alpha value is -2.26. The molecule has 1 saturated heterocycles. The molecule has 1 heterocycles. The highest BCUT2D eigenvalue weighted by Gasteiger charge is 2.24. The molecule has 2 rings (SSSR count). The molecule has 1 aliphatic heterocycles. The minimum atomic E-state index is -0.886. The van der Waals surface area contributed by atoms with Gasteiger partial charge in [0.1, 0.15) is 11.8 Å². The Morgan fingerprint density at radius 2 is 2.45 bits per heavy atom. The van der Waals surface area contributed by atoms with E-state index >= 15 is 0 Å². The summed E-state index contributed by atoms with van der Waals surface area (Å²) in [5.74, 6) is -0.219. The Morgan fingerprint density at radius 1 is 1.65 bits per heavy atom. The highest BCUT2D eigenvalue weighted by Crippen LogP contribution is 2.27. The van der Waals surface area contributed by atoms with Gasteiger partial charge in [-0.3, -0.25) is 4.79 Å².